The van der Waals surface area contributed by atoms with Crippen LogP contribution in [0.4, 0.5) is 0 Å². The Kier molecular flexibility index (Phi) is 3.36. The van der Waals surface area contributed by atoms with Gasteiger partial charge in [-0.3, -0.25) is 29.4 Å². The molecule has 1 aromatic rings. The normalized spacial score (nSPS) is 24.3. The number of carbonyl (C=O) groups is 4. The van der Waals surface area contributed by atoms with Gasteiger partial charge < -0.3 is 0 Å². The van der Waals surface area contributed by atoms with E-state index in [9.17, 15) is 19.2 Å². The Morgan fingerprint density at radius 1 is 1.14 bits per heavy atom. The van der Waals surface area contributed by atoms with Gasteiger partial charge in [-0.25, -0.2) is 0 Å². The number of rotatable bonds is 3. The van der Waals surface area contributed by atoms with E-state index in [4.69, 9.17) is 0 Å². The van der Waals surface area contributed by atoms with Gasteiger partial charge in [0.15, 0.2) is 0 Å². The average molecular weight is 298 g/mol. The Hall–Kier alpha value is -2.76. The fourth-order valence-electron chi connectivity index (χ4n) is 3.04. The fourth-order valence-corrected chi connectivity index (χ4v) is 3.04. The quantitative estimate of drug-likeness (QED) is 0.663. The third-order valence-corrected chi connectivity index (χ3v) is 4.00. The molecule has 0 aliphatic carbocycles. The van der Waals surface area contributed by atoms with Crippen molar-refractivity contribution in [3.63, 3.8) is 0 Å². The maximum Gasteiger partial charge on any atom is 0.262 e. The van der Waals surface area contributed by atoms with E-state index in [1.165, 1.54) is 0 Å². The maximum absolute atomic E-state index is 12.5. The van der Waals surface area contributed by atoms with Crippen molar-refractivity contribution in [2.24, 2.45) is 5.92 Å². The van der Waals surface area contributed by atoms with Crippen LogP contribution >= 0.6 is 0 Å². The summed E-state index contributed by atoms with van der Waals surface area (Å²) in [5.41, 5.74) is 0.573. The molecule has 0 bridgehead atoms. The summed E-state index contributed by atoms with van der Waals surface area (Å²) in [6, 6.07) is 5.47. The van der Waals surface area contributed by atoms with Crippen LogP contribution in [0.25, 0.3) is 0 Å². The average Bonchev–Trinajstić information content (AvgIpc) is 2.73. The van der Waals surface area contributed by atoms with Crippen LogP contribution in [-0.4, -0.2) is 34.6 Å². The molecule has 4 amide bonds. The highest BCUT2D eigenvalue weighted by Gasteiger charge is 2.48. The largest absolute Gasteiger partial charge is 0.295 e. The second kappa shape index (κ2) is 5.22. The van der Waals surface area contributed by atoms with Gasteiger partial charge in [-0.1, -0.05) is 18.2 Å². The Balaban J connectivity index is 2.00. The van der Waals surface area contributed by atoms with Crippen molar-refractivity contribution in [2.45, 2.75) is 18.9 Å². The molecule has 6 nitrogen and oxygen atoms in total. The van der Waals surface area contributed by atoms with E-state index >= 15 is 0 Å². The van der Waals surface area contributed by atoms with Crippen LogP contribution in [0.5, 0.6) is 0 Å². The van der Waals surface area contributed by atoms with E-state index in [0.29, 0.717) is 6.42 Å². The van der Waals surface area contributed by atoms with Crippen LogP contribution in [0.15, 0.2) is 36.9 Å². The van der Waals surface area contributed by atoms with E-state index in [1.54, 1.807) is 30.3 Å². The number of benzene rings is 1. The molecule has 0 aromatic heterocycles. The lowest BCUT2D eigenvalue weighted by Crippen LogP contribution is -2.58. The number of hydrogen-bond acceptors (Lipinski definition) is 4. The topological polar surface area (TPSA) is 83.6 Å². The van der Waals surface area contributed by atoms with Gasteiger partial charge in [0.25, 0.3) is 11.8 Å². The third-order valence-electron chi connectivity index (χ3n) is 4.00. The summed E-state index contributed by atoms with van der Waals surface area (Å²) in [6.45, 7) is 3.61. The predicted molar refractivity (Wildman–Crippen MR) is 76.8 cm³/mol. The standard InChI is InChI=1S/C16H14N2O4/c1-2-5-9-8-12(19)17-14(20)13(9)18-15(21)10-6-3-4-7-11(10)16(18)22/h2-4,6-7,9,13H,1,5,8H2,(H,17,19,20)/t9-,13+/m1/s1. The minimum atomic E-state index is -0.983. The molecule has 0 saturated carbocycles. The van der Waals surface area contributed by atoms with Crippen LogP contribution in [0.1, 0.15) is 33.6 Å². The van der Waals surface area contributed by atoms with Crippen LogP contribution in [-0.2, 0) is 9.59 Å². The first-order valence-corrected chi connectivity index (χ1v) is 6.96. The molecule has 2 aliphatic heterocycles. The lowest BCUT2D eigenvalue weighted by Gasteiger charge is -2.34. The number of piperidine rings is 1. The Morgan fingerprint density at radius 3 is 2.27 bits per heavy atom. The first-order valence-electron chi connectivity index (χ1n) is 6.96. The molecule has 0 radical (unpaired) electrons. The second-order valence-corrected chi connectivity index (χ2v) is 5.37. The van der Waals surface area contributed by atoms with Crippen molar-refractivity contribution in [3.8, 4) is 0 Å². The lowest BCUT2D eigenvalue weighted by molar-refractivity contribution is -0.138. The molecular formula is C16H14N2O4. The van der Waals surface area contributed by atoms with Crippen molar-refractivity contribution in [2.75, 3.05) is 0 Å². The van der Waals surface area contributed by atoms with Crippen molar-refractivity contribution < 1.29 is 19.2 Å². The number of fused-ring (bicyclic) bond motifs is 1. The van der Waals surface area contributed by atoms with Gasteiger partial charge in [-0.15, -0.1) is 6.58 Å². The molecule has 2 aliphatic rings. The predicted octanol–water partition coefficient (Wildman–Crippen LogP) is 0.890. The number of amides is 4. The number of nitrogens with one attached hydrogen (secondary N) is 1. The molecule has 6 heteroatoms. The lowest BCUT2D eigenvalue weighted by atomic mass is 9.87. The SMILES string of the molecule is C=CC[C@@H]1CC(=O)NC(=O)[C@H]1N1C(=O)c2ccccc2C1=O. The molecule has 2 atom stereocenters. The smallest absolute Gasteiger partial charge is 0.262 e. The molecule has 1 fully saturated rings. The molecule has 2 heterocycles. The summed E-state index contributed by atoms with van der Waals surface area (Å²) >= 11 is 0. The van der Waals surface area contributed by atoms with Crippen molar-refractivity contribution in [3.05, 3.63) is 48.0 Å². The Labute approximate surface area is 126 Å². The highest BCUT2D eigenvalue weighted by molar-refractivity contribution is 6.23. The highest BCUT2D eigenvalue weighted by atomic mass is 16.2. The van der Waals surface area contributed by atoms with E-state index in [1.807, 2.05) is 0 Å². The summed E-state index contributed by atoms with van der Waals surface area (Å²) in [5, 5.41) is 2.20. The molecule has 0 spiro atoms. The highest BCUT2D eigenvalue weighted by Crippen LogP contribution is 2.31. The van der Waals surface area contributed by atoms with Crippen LogP contribution in [0.2, 0.25) is 0 Å². The first-order chi connectivity index (χ1) is 10.5. The summed E-state index contributed by atoms with van der Waals surface area (Å²) in [7, 11) is 0. The first kappa shape index (κ1) is 14.2. The number of carbonyl (C=O) groups excluding carboxylic acids is 4. The molecule has 22 heavy (non-hydrogen) atoms. The zero-order valence-electron chi connectivity index (χ0n) is 11.7. The molecule has 1 saturated heterocycles. The molecular weight excluding hydrogens is 284 g/mol. The minimum absolute atomic E-state index is 0.0792. The second-order valence-electron chi connectivity index (χ2n) is 5.37. The summed E-state index contributed by atoms with van der Waals surface area (Å²) in [4.78, 5) is 49.7. The van der Waals surface area contributed by atoms with E-state index in [0.717, 1.165) is 4.90 Å². The van der Waals surface area contributed by atoms with Gasteiger partial charge in [0.1, 0.15) is 6.04 Å². The number of hydrogen-bond donors (Lipinski definition) is 1. The van der Waals surface area contributed by atoms with Crippen molar-refractivity contribution in [1.29, 1.82) is 0 Å². The van der Waals surface area contributed by atoms with Crippen LogP contribution in [0, 0.1) is 5.92 Å². The molecule has 0 unspecified atom stereocenters. The Bertz CT molecular complexity index is 675. The third kappa shape index (κ3) is 2.04. The Morgan fingerprint density at radius 2 is 1.73 bits per heavy atom. The molecule has 1 aromatic carbocycles. The number of nitrogens with zero attached hydrogens (tertiary/aromatic N) is 1. The molecule has 3 rings (SSSR count). The zero-order valence-corrected chi connectivity index (χ0v) is 11.7. The zero-order chi connectivity index (χ0) is 15.9. The molecule has 112 valence electrons. The van der Waals surface area contributed by atoms with Crippen LogP contribution in [0.3, 0.4) is 0 Å². The van der Waals surface area contributed by atoms with Gasteiger partial charge >= 0.3 is 0 Å². The van der Waals surface area contributed by atoms with E-state index in [-0.39, 0.29) is 17.5 Å². The summed E-state index contributed by atoms with van der Waals surface area (Å²) in [5.74, 6) is -2.45. The van der Waals surface area contributed by atoms with Gasteiger partial charge in [0, 0.05) is 12.3 Å². The van der Waals surface area contributed by atoms with Gasteiger partial charge in [-0.2, -0.15) is 0 Å². The fraction of sp³-hybridized carbons (Fsp3) is 0.250. The van der Waals surface area contributed by atoms with Gasteiger partial charge in [-0.05, 0) is 18.6 Å². The summed E-state index contributed by atoms with van der Waals surface area (Å²) in [6.07, 6.45) is 2.04. The number of imide groups is 2. The van der Waals surface area contributed by atoms with Gasteiger partial charge in [0.2, 0.25) is 11.8 Å². The minimum Gasteiger partial charge on any atom is -0.295 e. The monoisotopic (exact) mass is 298 g/mol. The van der Waals surface area contributed by atoms with Gasteiger partial charge in [0.05, 0.1) is 11.1 Å². The molecule has 1 N–H and O–H groups in total. The van der Waals surface area contributed by atoms with Crippen molar-refractivity contribution in [1.82, 2.24) is 10.2 Å². The van der Waals surface area contributed by atoms with E-state index < -0.39 is 35.6 Å². The van der Waals surface area contributed by atoms with Crippen molar-refractivity contribution >= 4 is 23.6 Å². The van der Waals surface area contributed by atoms with Crippen LogP contribution < -0.4 is 5.32 Å². The summed E-state index contributed by atoms with van der Waals surface area (Å²) < 4.78 is 0. The maximum atomic E-state index is 12.5. The number of allylic oxidation sites excluding steroid dienone is 1. The van der Waals surface area contributed by atoms with E-state index in [2.05, 4.69) is 11.9 Å².